The van der Waals surface area contributed by atoms with Crippen LogP contribution in [-0.4, -0.2) is 26.9 Å². The average molecular weight is 480 g/mol. The van der Waals surface area contributed by atoms with Crippen molar-refractivity contribution < 1.29 is 14.1 Å². The summed E-state index contributed by atoms with van der Waals surface area (Å²) >= 11 is 6.09. The van der Waals surface area contributed by atoms with Crippen LogP contribution in [0.3, 0.4) is 0 Å². The first-order valence-electron chi connectivity index (χ1n) is 11.1. The van der Waals surface area contributed by atoms with Crippen LogP contribution in [0.25, 0.3) is 22.3 Å². The highest BCUT2D eigenvalue weighted by atomic mass is 35.5. The summed E-state index contributed by atoms with van der Waals surface area (Å²) in [4.78, 5) is 42.8. The maximum absolute atomic E-state index is 13.1. The van der Waals surface area contributed by atoms with Gasteiger partial charge in [-0.05, 0) is 43.2 Å². The van der Waals surface area contributed by atoms with Crippen molar-refractivity contribution in [2.75, 3.05) is 10.6 Å². The number of rotatable bonds is 5. The molecule has 1 fully saturated rings. The molecule has 1 aliphatic carbocycles. The van der Waals surface area contributed by atoms with Gasteiger partial charge in [0, 0.05) is 21.9 Å². The minimum Gasteiger partial charge on any atom is -0.349 e. The zero-order valence-corrected chi connectivity index (χ0v) is 18.9. The molecule has 34 heavy (non-hydrogen) atoms. The van der Waals surface area contributed by atoms with Crippen LogP contribution in [-0.2, 0) is 4.79 Å². The molecule has 4 N–H and O–H groups in total. The van der Waals surface area contributed by atoms with Crippen molar-refractivity contribution in [1.29, 1.82) is 0 Å². The number of halogens is 1. The van der Waals surface area contributed by atoms with E-state index in [1.54, 1.807) is 24.3 Å². The molecule has 5 rings (SSSR count). The van der Waals surface area contributed by atoms with Gasteiger partial charge in [0.1, 0.15) is 5.69 Å². The Morgan fingerprint density at radius 2 is 1.82 bits per heavy atom. The van der Waals surface area contributed by atoms with Gasteiger partial charge in [-0.15, -0.1) is 0 Å². The Morgan fingerprint density at radius 3 is 2.59 bits per heavy atom. The number of anilines is 2. The monoisotopic (exact) mass is 479 g/mol. The van der Waals surface area contributed by atoms with Crippen molar-refractivity contribution in [2.24, 2.45) is 5.92 Å². The highest BCUT2D eigenvalue weighted by Crippen LogP contribution is 2.30. The largest absolute Gasteiger partial charge is 0.439 e. The molecule has 4 aromatic rings. The molecule has 2 heterocycles. The first-order valence-corrected chi connectivity index (χ1v) is 11.5. The van der Waals surface area contributed by atoms with Crippen LogP contribution in [0.4, 0.5) is 11.4 Å². The molecule has 0 spiro atoms. The molecule has 10 heteroatoms. The summed E-state index contributed by atoms with van der Waals surface area (Å²) in [5.41, 5.74) is 2.42. The summed E-state index contributed by atoms with van der Waals surface area (Å²) < 4.78 is 4.57. The van der Waals surface area contributed by atoms with E-state index in [-0.39, 0.29) is 17.6 Å². The van der Waals surface area contributed by atoms with Crippen LogP contribution in [0, 0.1) is 5.92 Å². The topological polar surface area (TPSA) is 133 Å². The SMILES string of the molecule is O=C(Nc1ccc(Cl)cc1-c1noc(=O)[nH]1)c1cc2cccc(NC(=O)C3CCCCC3)c2[nH]1. The zero-order valence-electron chi connectivity index (χ0n) is 18.1. The van der Waals surface area contributed by atoms with E-state index in [0.717, 1.165) is 31.1 Å². The number of carbonyl (C=O) groups is 2. The van der Waals surface area contributed by atoms with E-state index in [1.807, 2.05) is 18.2 Å². The highest BCUT2D eigenvalue weighted by Gasteiger charge is 2.22. The third-order valence-corrected chi connectivity index (χ3v) is 6.29. The van der Waals surface area contributed by atoms with Crippen molar-refractivity contribution in [2.45, 2.75) is 32.1 Å². The summed E-state index contributed by atoms with van der Waals surface area (Å²) in [7, 11) is 0. The van der Waals surface area contributed by atoms with E-state index in [2.05, 4.69) is 30.3 Å². The Labute approximate surface area is 198 Å². The Kier molecular flexibility index (Phi) is 5.93. The van der Waals surface area contributed by atoms with Crippen LogP contribution in [0.1, 0.15) is 42.6 Å². The maximum atomic E-state index is 13.1. The fourth-order valence-corrected chi connectivity index (χ4v) is 4.51. The predicted octanol–water partition coefficient (Wildman–Crippen LogP) is 4.94. The van der Waals surface area contributed by atoms with E-state index in [0.29, 0.717) is 33.2 Å². The quantitative estimate of drug-likeness (QED) is 0.322. The molecule has 0 saturated heterocycles. The number of H-pyrrole nitrogens is 2. The lowest BCUT2D eigenvalue weighted by Gasteiger charge is -2.20. The smallest absolute Gasteiger partial charge is 0.349 e. The minimum absolute atomic E-state index is 0.0141. The third-order valence-electron chi connectivity index (χ3n) is 6.06. The predicted molar refractivity (Wildman–Crippen MR) is 129 cm³/mol. The first kappa shape index (κ1) is 22.0. The van der Waals surface area contributed by atoms with Gasteiger partial charge in [-0.3, -0.25) is 19.1 Å². The van der Waals surface area contributed by atoms with Gasteiger partial charge in [0.15, 0.2) is 5.82 Å². The molecule has 0 radical (unpaired) electrons. The second kappa shape index (κ2) is 9.18. The number of aromatic nitrogens is 3. The summed E-state index contributed by atoms with van der Waals surface area (Å²) in [5, 5.41) is 10.7. The van der Waals surface area contributed by atoms with Gasteiger partial charge in [0.2, 0.25) is 5.91 Å². The van der Waals surface area contributed by atoms with Crippen LogP contribution < -0.4 is 16.4 Å². The number of carbonyl (C=O) groups excluding carboxylic acids is 2. The second-order valence-electron chi connectivity index (χ2n) is 8.36. The van der Waals surface area contributed by atoms with Gasteiger partial charge >= 0.3 is 5.76 Å². The molecule has 2 aromatic heterocycles. The zero-order chi connectivity index (χ0) is 23.7. The van der Waals surface area contributed by atoms with E-state index in [9.17, 15) is 14.4 Å². The normalized spacial score (nSPS) is 14.3. The minimum atomic E-state index is -0.717. The first-order chi connectivity index (χ1) is 16.5. The Hall–Kier alpha value is -3.85. The van der Waals surface area contributed by atoms with Crippen molar-refractivity contribution in [3.05, 3.63) is 63.7 Å². The second-order valence-corrected chi connectivity index (χ2v) is 8.80. The van der Waals surface area contributed by atoms with Crippen molar-refractivity contribution in [1.82, 2.24) is 15.1 Å². The van der Waals surface area contributed by atoms with E-state index >= 15 is 0 Å². The van der Waals surface area contributed by atoms with Gasteiger partial charge in [-0.2, -0.15) is 0 Å². The molecule has 1 saturated carbocycles. The van der Waals surface area contributed by atoms with E-state index in [4.69, 9.17) is 11.6 Å². The number of aromatic amines is 2. The molecule has 9 nitrogen and oxygen atoms in total. The van der Waals surface area contributed by atoms with Gasteiger partial charge in [-0.25, -0.2) is 4.79 Å². The number of nitrogens with one attached hydrogen (secondary N) is 4. The molecule has 0 unspecified atom stereocenters. The van der Waals surface area contributed by atoms with Crippen LogP contribution in [0.2, 0.25) is 5.02 Å². The molecule has 174 valence electrons. The summed E-state index contributed by atoms with van der Waals surface area (Å²) in [6.45, 7) is 0. The van der Waals surface area contributed by atoms with Gasteiger partial charge in [-0.1, -0.05) is 48.2 Å². The number of fused-ring (bicyclic) bond motifs is 1. The fourth-order valence-electron chi connectivity index (χ4n) is 4.34. The lowest BCUT2D eigenvalue weighted by Crippen LogP contribution is -2.24. The lowest BCUT2D eigenvalue weighted by atomic mass is 9.88. The molecule has 1 aliphatic rings. The van der Waals surface area contributed by atoms with Gasteiger partial charge in [0.05, 0.1) is 16.9 Å². The molecule has 0 atom stereocenters. The molecule has 0 aliphatic heterocycles. The highest BCUT2D eigenvalue weighted by molar-refractivity contribution is 6.31. The standard InChI is InChI=1S/C24H22ClN5O4/c25-15-9-10-17(16(12-15)21-29-24(33)34-30-21)27-23(32)19-11-14-7-4-8-18(20(14)26-19)28-22(31)13-5-2-1-3-6-13/h4,7-13,26H,1-3,5-6H2,(H,27,32)(H,28,31)(H,29,30,33). The van der Waals surface area contributed by atoms with Gasteiger partial charge < -0.3 is 15.6 Å². The van der Waals surface area contributed by atoms with Crippen molar-refractivity contribution in [3.63, 3.8) is 0 Å². The molecule has 0 bridgehead atoms. The molecular formula is C24H22ClN5O4. The van der Waals surface area contributed by atoms with Crippen LogP contribution >= 0.6 is 11.6 Å². The lowest BCUT2D eigenvalue weighted by molar-refractivity contribution is -0.120. The molecule has 2 aromatic carbocycles. The Bertz CT molecular complexity index is 1430. The molecular weight excluding hydrogens is 458 g/mol. The third kappa shape index (κ3) is 4.47. The number of hydrogen-bond donors (Lipinski definition) is 4. The van der Waals surface area contributed by atoms with Crippen molar-refractivity contribution in [3.8, 4) is 11.4 Å². The number of para-hydroxylation sites is 1. The van der Waals surface area contributed by atoms with E-state index in [1.165, 1.54) is 6.42 Å². The molecule has 2 amide bonds. The average Bonchev–Trinajstić information content (AvgIpc) is 3.48. The maximum Gasteiger partial charge on any atom is 0.439 e. The number of hydrogen-bond acceptors (Lipinski definition) is 5. The van der Waals surface area contributed by atoms with Crippen molar-refractivity contribution >= 4 is 45.7 Å². The number of benzene rings is 2. The summed E-state index contributed by atoms with van der Waals surface area (Å²) in [6.07, 6.45) is 5.13. The van der Waals surface area contributed by atoms with Gasteiger partial charge in [0.25, 0.3) is 5.91 Å². The van der Waals surface area contributed by atoms with E-state index < -0.39 is 11.7 Å². The Balaban J connectivity index is 1.40. The number of nitrogens with zero attached hydrogens (tertiary/aromatic N) is 1. The van der Waals surface area contributed by atoms with Crippen LogP contribution in [0.5, 0.6) is 0 Å². The fraction of sp³-hybridized carbons (Fsp3) is 0.250. The number of amides is 2. The van der Waals surface area contributed by atoms with Crippen LogP contribution in [0.15, 0.2) is 51.8 Å². The summed E-state index contributed by atoms with van der Waals surface area (Å²) in [6, 6.07) is 12.0. The Morgan fingerprint density at radius 1 is 1.00 bits per heavy atom. The summed E-state index contributed by atoms with van der Waals surface area (Å²) in [5.74, 6) is -0.943.